The molecule has 0 saturated heterocycles. The predicted octanol–water partition coefficient (Wildman–Crippen LogP) is 3.79. The molecule has 0 aliphatic heterocycles. The molecular formula is C15H16N4O3S. The van der Waals surface area contributed by atoms with Gasteiger partial charge in [-0.3, -0.25) is 0 Å². The summed E-state index contributed by atoms with van der Waals surface area (Å²) in [7, 11) is 1.61. The summed E-state index contributed by atoms with van der Waals surface area (Å²) in [5.41, 5.74) is 2.02. The van der Waals surface area contributed by atoms with Crippen molar-refractivity contribution in [2.75, 3.05) is 12.4 Å². The van der Waals surface area contributed by atoms with Gasteiger partial charge in [-0.15, -0.1) is 0 Å². The number of aromatic nitrogens is 2. The Hall–Kier alpha value is -2.61. The maximum Gasteiger partial charge on any atom is 0.372 e. The Balaban J connectivity index is 1.99. The molecule has 3 aromatic rings. The summed E-state index contributed by atoms with van der Waals surface area (Å²) < 4.78 is 6.86. The monoisotopic (exact) mass is 332 g/mol. The zero-order valence-corrected chi connectivity index (χ0v) is 13.8. The Kier molecular flexibility index (Phi) is 3.91. The second kappa shape index (κ2) is 5.88. The van der Waals surface area contributed by atoms with Gasteiger partial charge >= 0.3 is 5.82 Å². The molecule has 1 atom stereocenters. The van der Waals surface area contributed by atoms with E-state index in [-0.39, 0.29) is 17.7 Å². The van der Waals surface area contributed by atoms with Crippen LogP contribution < -0.4 is 10.1 Å². The van der Waals surface area contributed by atoms with Gasteiger partial charge in [0.2, 0.25) is 5.82 Å². The third kappa shape index (κ3) is 2.72. The Bertz CT molecular complexity index is 871. The van der Waals surface area contributed by atoms with Gasteiger partial charge in [0.25, 0.3) is 4.96 Å². The first kappa shape index (κ1) is 15.3. The van der Waals surface area contributed by atoms with E-state index < -0.39 is 4.92 Å². The second-order valence-electron chi connectivity index (χ2n) is 5.21. The molecule has 0 fully saturated rings. The lowest BCUT2D eigenvalue weighted by Gasteiger charge is -2.17. The fourth-order valence-corrected chi connectivity index (χ4v) is 3.23. The van der Waals surface area contributed by atoms with Crippen molar-refractivity contribution in [3.05, 3.63) is 51.0 Å². The number of hydrogen-bond acceptors (Lipinski definition) is 6. The average molecular weight is 332 g/mol. The molecule has 0 spiro atoms. The molecule has 3 rings (SSSR count). The summed E-state index contributed by atoms with van der Waals surface area (Å²) in [6.07, 6.45) is 1.65. The first-order chi connectivity index (χ1) is 11.0. The van der Waals surface area contributed by atoms with Crippen molar-refractivity contribution < 1.29 is 9.66 Å². The van der Waals surface area contributed by atoms with E-state index in [2.05, 4.69) is 10.3 Å². The van der Waals surface area contributed by atoms with Crippen LogP contribution in [0.25, 0.3) is 4.96 Å². The summed E-state index contributed by atoms with van der Waals surface area (Å²) >= 11 is 1.36. The minimum Gasteiger partial charge on any atom is -0.496 e. The van der Waals surface area contributed by atoms with Crippen molar-refractivity contribution in [3.8, 4) is 5.75 Å². The number of benzene rings is 1. The van der Waals surface area contributed by atoms with Gasteiger partial charge in [-0.25, -0.2) is 0 Å². The molecule has 120 valence electrons. The molecule has 0 saturated carbocycles. The van der Waals surface area contributed by atoms with E-state index in [1.54, 1.807) is 18.7 Å². The molecule has 2 aromatic heterocycles. The van der Waals surface area contributed by atoms with E-state index in [1.807, 2.05) is 32.0 Å². The van der Waals surface area contributed by atoms with Crippen molar-refractivity contribution in [2.45, 2.75) is 19.9 Å². The third-order valence-corrected chi connectivity index (χ3v) is 4.37. The predicted molar refractivity (Wildman–Crippen MR) is 89.5 cm³/mol. The molecule has 1 N–H and O–H groups in total. The number of nitrogens with zero attached hydrogens (tertiary/aromatic N) is 3. The number of hydrogen-bond donors (Lipinski definition) is 1. The fourth-order valence-electron chi connectivity index (χ4n) is 2.52. The van der Waals surface area contributed by atoms with Crippen molar-refractivity contribution >= 4 is 27.9 Å². The number of thiazole rings is 1. The smallest absolute Gasteiger partial charge is 0.372 e. The van der Waals surface area contributed by atoms with Crippen LogP contribution in [-0.4, -0.2) is 21.4 Å². The van der Waals surface area contributed by atoms with Gasteiger partial charge < -0.3 is 20.2 Å². The van der Waals surface area contributed by atoms with Crippen molar-refractivity contribution in [2.24, 2.45) is 0 Å². The molecule has 8 heteroatoms. The highest BCUT2D eigenvalue weighted by Crippen LogP contribution is 2.33. The standard InChI is InChI=1S/C15H16N4O3S/c1-9-4-5-12(22-3)11(8-9)10(2)16-13-14(19(20)21)18-6-7-23-15(18)17-13/h4-8,10,16H,1-3H3. The van der Waals surface area contributed by atoms with Crippen LogP contribution in [0.4, 0.5) is 11.6 Å². The normalized spacial score (nSPS) is 12.3. The highest BCUT2D eigenvalue weighted by molar-refractivity contribution is 7.15. The Morgan fingerprint density at radius 2 is 2.26 bits per heavy atom. The maximum absolute atomic E-state index is 11.4. The van der Waals surface area contributed by atoms with Crippen LogP contribution in [0.1, 0.15) is 24.1 Å². The van der Waals surface area contributed by atoms with Crippen LogP contribution in [0, 0.1) is 17.0 Å². The number of fused-ring (bicyclic) bond motifs is 1. The summed E-state index contributed by atoms with van der Waals surface area (Å²) in [6.45, 7) is 3.92. The largest absolute Gasteiger partial charge is 0.496 e. The van der Waals surface area contributed by atoms with E-state index in [0.717, 1.165) is 16.9 Å². The van der Waals surface area contributed by atoms with Gasteiger partial charge in [-0.2, -0.15) is 9.38 Å². The Morgan fingerprint density at radius 3 is 2.96 bits per heavy atom. The van der Waals surface area contributed by atoms with Crippen LogP contribution in [0.3, 0.4) is 0 Å². The number of nitrogens with one attached hydrogen (secondary N) is 1. The zero-order valence-electron chi connectivity index (χ0n) is 12.9. The number of methoxy groups -OCH3 is 1. The number of rotatable bonds is 5. The third-order valence-electron chi connectivity index (χ3n) is 3.61. The van der Waals surface area contributed by atoms with Gasteiger partial charge in [0.15, 0.2) is 0 Å². The first-order valence-corrected chi connectivity index (χ1v) is 7.90. The lowest BCUT2D eigenvalue weighted by molar-refractivity contribution is -0.389. The number of aryl methyl sites for hydroxylation is 1. The Morgan fingerprint density at radius 1 is 1.48 bits per heavy atom. The average Bonchev–Trinajstić information content (AvgIpc) is 3.06. The van der Waals surface area contributed by atoms with Crippen molar-refractivity contribution in [1.82, 2.24) is 9.38 Å². The van der Waals surface area contributed by atoms with Gasteiger partial charge in [0.1, 0.15) is 11.9 Å². The summed E-state index contributed by atoms with van der Waals surface area (Å²) in [5, 5.41) is 16.3. The maximum atomic E-state index is 11.4. The molecule has 0 bridgehead atoms. The number of ether oxygens (including phenoxy) is 1. The summed E-state index contributed by atoms with van der Waals surface area (Å²) in [4.78, 5) is 15.9. The van der Waals surface area contributed by atoms with Crippen molar-refractivity contribution in [1.29, 1.82) is 0 Å². The Labute approximate surface area is 136 Å². The molecule has 0 radical (unpaired) electrons. The molecule has 7 nitrogen and oxygen atoms in total. The molecule has 2 heterocycles. The molecular weight excluding hydrogens is 316 g/mol. The van der Waals surface area contributed by atoms with E-state index in [0.29, 0.717) is 4.96 Å². The number of anilines is 1. The SMILES string of the molecule is COc1ccc(C)cc1C(C)Nc1nc2sccn2c1[N+](=O)[O-]. The molecule has 0 amide bonds. The molecule has 1 unspecified atom stereocenters. The van der Waals surface area contributed by atoms with E-state index in [1.165, 1.54) is 15.7 Å². The lowest BCUT2D eigenvalue weighted by Crippen LogP contribution is -2.10. The van der Waals surface area contributed by atoms with Gasteiger partial charge in [-0.1, -0.05) is 29.0 Å². The van der Waals surface area contributed by atoms with Crippen LogP contribution in [-0.2, 0) is 0 Å². The minimum atomic E-state index is -0.421. The summed E-state index contributed by atoms with van der Waals surface area (Å²) in [6, 6.07) is 5.67. The van der Waals surface area contributed by atoms with E-state index >= 15 is 0 Å². The van der Waals surface area contributed by atoms with E-state index in [4.69, 9.17) is 4.74 Å². The highest BCUT2D eigenvalue weighted by atomic mass is 32.1. The summed E-state index contributed by atoms with van der Waals surface area (Å²) in [5.74, 6) is 0.942. The molecule has 23 heavy (non-hydrogen) atoms. The van der Waals surface area contributed by atoms with Gasteiger partial charge in [-0.05, 0) is 24.8 Å². The molecule has 0 aliphatic carbocycles. The van der Waals surface area contributed by atoms with E-state index in [9.17, 15) is 10.1 Å². The highest BCUT2D eigenvalue weighted by Gasteiger charge is 2.25. The fraction of sp³-hybridized carbons (Fsp3) is 0.267. The lowest BCUT2D eigenvalue weighted by atomic mass is 10.0. The topological polar surface area (TPSA) is 81.7 Å². The van der Waals surface area contributed by atoms with Crippen LogP contribution in [0.5, 0.6) is 5.75 Å². The van der Waals surface area contributed by atoms with Crippen LogP contribution >= 0.6 is 11.3 Å². The number of imidazole rings is 1. The minimum absolute atomic E-state index is 0.0558. The second-order valence-corrected chi connectivity index (χ2v) is 6.08. The number of nitro groups is 1. The van der Waals surface area contributed by atoms with Crippen LogP contribution in [0.15, 0.2) is 29.8 Å². The molecule has 1 aromatic carbocycles. The quantitative estimate of drug-likeness (QED) is 0.568. The van der Waals surface area contributed by atoms with Gasteiger partial charge in [0, 0.05) is 10.9 Å². The van der Waals surface area contributed by atoms with Gasteiger partial charge in [0.05, 0.1) is 13.2 Å². The first-order valence-electron chi connectivity index (χ1n) is 7.02. The molecule has 0 aliphatic rings. The zero-order chi connectivity index (χ0) is 16.6. The van der Waals surface area contributed by atoms with Crippen LogP contribution in [0.2, 0.25) is 0 Å². The van der Waals surface area contributed by atoms with Crippen molar-refractivity contribution in [3.63, 3.8) is 0 Å².